The monoisotopic (exact) mass is 344 g/mol. The number of halogens is 2. The smallest absolute Gasteiger partial charge is 0.160 e. The summed E-state index contributed by atoms with van der Waals surface area (Å²) in [6.07, 6.45) is 4.92. The number of rotatable bonds is 4. The van der Waals surface area contributed by atoms with Crippen molar-refractivity contribution in [2.24, 2.45) is 11.1 Å². The Morgan fingerprint density at radius 3 is 2.36 bits per heavy atom. The number of hydrogen-bond donors (Lipinski definition) is 2. The van der Waals surface area contributed by atoms with Crippen molar-refractivity contribution in [3.63, 3.8) is 0 Å². The first kappa shape index (κ1) is 17.4. The molecule has 0 radical (unpaired) electrons. The van der Waals surface area contributed by atoms with Crippen LogP contribution in [0.5, 0.6) is 0 Å². The zero-order chi connectivity index (χ0) is 17.6. The summed E-state index contributed by atoms with van der Waals surface area (Å²) < 4.78 is 26.3. The van der Waals surface area contributed by atoms with E-state index >= 15 is 0 Å². The average Bonchev–Trinajstić information content (AvgIpc) is 2.65. The van der Waals surface area contributed by atoms with Crippen LogP contribution in [-0.2, 0) is 0 Å². The Labute approximate surface area is 146 Å². The number of amidine groups is 1. The molecule has 0 amide bonds. The molecule has 0 spiro atoms. The van der Waals surface area contributed by atoms with Crippen LogP contribution in [0.15, 0.2) is 53.7 Å². The van der Waals surface area contributed by atoms with Crippen LogP contribution in [0, 0.1) is 17.6 Å². The SMILES string of the molecule is O/N=C(/C[C@H]1CC[C@@H](c2ccccc2)CC1)Nc1ccc(F)c(F)c1. The quantitative estimate of drug-likeness (QED) is 0.331. The van der Waals surface area contributed by atoms with Crippen molar-refractivity contribution in [3.8, 4) is 0 Å². The number of hydrogen-bond acceptors (Lipinski definition) is 2. The van der Waals surface area contributed by atoms with E-state index in [1.165, 1.54) is 11.6 Å². The van der Waals surface area contributed by atoms with Crippen molar-refractivity contribution in [2.75, 3.05) is 5.32 Å². The van der Waals surface area contributed by atoms with Crippen molar-refractivity contribution >= 4 is 11.5 Å². The molecule has 3 rings (SSSR count). The lowest BCUT2D eigenvalue weighted by molar-refractivity contribution is 0.306. The van der Waals surface area contributed by atoms with Gasteiger partial charge in [0.05, 0.1) is 0 Å². The fraction of sp³-hybridized carbons (Fsp3) is 0.350. The van der Waals surface area contributed by atoms with Gasteiger partial charge >= 0.3 is 0 Å². The molecule has 2 aromatic carbocycles. The van der Waals surface area contributed by atoms with Crippen molar-refractivity contribution in [1.82, 2.24) is 0 Å². The van der Waals surface area contributed by atoms with Crippen LogP contribution in [0.25, 0.3) is 0 Å². The Kier molecular flexibility index (Phi) is 5.64. The minimum Gasteiger partial charge on any atom is -0.409 e. The van der Waals surface area contributed by atoms with Gasteiger partial charge in [-0.25, -0.2) is 8.78 Å². The van der Waals surface area contributed by atoms with E-state index in [2.05, 4.69) is 34.7 Å². The number of anilines is 1. The second kappa shape index (κ2) is 8.10. The highest BCUT2D eigenvalue weighted by atomic mass is 19.2. The molecule has 1 aliphatic carbocycles. The summed E-state index contributed by atoms with van der Waals surface area (Å²) in [6, 6.07) is 14.1. The lowest BCUT2D eigenvalue weighted by Gasteiger charge is -2.29. The molecule has 0 bridgehead atoms. The number of nitrogens with zero attached hydrogens (tertiary/aromatic N) is 1. The maximum atomic E-state index is 13.3. The van der Waals surface area contributed by atoms with Gasteiger partial charge in [0.1, 0.15) is 5.84 Å². The molecule has 25 heavy (non-hydrogen) atoms. The number of oxime groups is 1. The van der Waals surface area contributed by atoms with E-state index in [0.717, 1.165) is 37.8 Å². The fourth-order valence-electron chi connectivity index (χ4n) is 3.56. The molecule has 0 atom stereocenters. The third-order valence-corrected chi connectivity index (χ3v) is 4.93. The third kappa shape index (κ3) is 4.56. The molecule has 0 heterocycles. The standard InChI is InChI=1S/C20H22F2N2O/c21-18-11-10-17(13-19(18)22)23-20(24-25)12-14-6-8-16(9-7-14)15-4-2-1-3-5-15/h1-5,10-11,13-14,16,25H,6-9,12H2,(H,23,24)/t14-,16+. The minimum absolute atomic E-state index is 0.379. The molecule has 1 fully saturated rings. The summed E-state index contributed by atoms with van der Waals surface area (Å²) in [5, 5.41) is 15.4. The largest absolute Gasteiger partial charge is 0.409 e. The van der Waals surface area contributed by atoms with Crippen LogP contribution < -0.4 is 5.32 Å². The highest BCUT2D eigenvalue weighted by Crippen LogP contribution is 2.37. The molecule has 1 saturated carbocycles. The zero-order valence-electron chi connectivity index (χ0n) is 14.0. The average molecular weight is 344 g/mol. The minimum atomic E-state index is -0.925. The predicted octanol–water partition coefficient (Wildman–Crippen LogP) is 5.53. The molecule has 0 unspecified atom stereocenters. The second-order valence-corrected chi connectivity index (χ2v) is 6.63. The van der Waals surface area contributed by atoms with Gasteiger partial charge in [-0.15, -0.1) is 0 Å². The normalized spacial score (nSPS) is 21.1. The molecule has 0 saturated heterocycles. The Balaban J connectivity index is 1.54. The van der Waals surface area contributed by atoms with Gasteiger partial charge in [-0.05, 0) is 55.2 Å². The summed E-state index contributed by atoms with van der Waals surface area (Å²) >= 11 is 0. The van der Waals surface area contributed by atoms with Crippen molar-refractivity contribution in [2.45, 2.75) is 38.0 Å². The Hall–Kier alpha value is -2.43. The van der Waals surface area contributed by atoms with E-state index < -0.39 is 11.6 Å². The van der Waals surface area contributed by atoms with Crippen LogP contribution in [-0.4, -0.2) is 11.0 Å². The van der Waals surface area contributed by atoms with E-state index in [0.29, 0.717) is 29.8 Å². The molecule has 2 aromatic rings. The predicted molar refractivity (Wildman–Crippen MR) is 95.0 cm³/mol. The highest BCUT2D eigenvalue weighted by molar-refractivity contribution is 5.95. The number of benzene rings is 2. The molecule has 3 nitrogen and oxygen atoms in total. The van der Waals surface area contributed by atoms with Crippen LogP contribution in [0.3, 0.4) is 0 Å². The van der Waals surface area contributed by atoms with Crippen LogP contribution in [0.2, 0.25) is 0 Å². The van der Waals surface area contributed by atoms with Gasteiger partial charge in [0.2, 0.25) is 0 Å². The van der Waals surface area contributed by atoms with Gasteiger partial charge in [0, 0.05) is 18.2 Å². The summed E-state index contributed by atoms with van der Waals surface area (Å²) in [6.45, 7) is 0. The summed E-state index contributed by atoms with van der Waals surface area (Å²) in [5.74, 6) is -0.429. The van der Waals surface area contributed by atoms with Gasteiger partial charge in [-0.1, -0.05) is 35.5 Å². The Morgan fingerprint density at radius 1 is 1.00 bits per heavy atom. The van der Waals surface area contributed by atoms with Crippen molar-refractivity contribution < 1.29 is 14.0 Å². The van der Waals surface area contributed by atoms with Crippen LogP contribution >= 0.6 is 0 Å². The Bertz CT molecular complexity index is 726. The first-order valence-corrected chi connectivity index (χ1v) is 8.63. The van der Waals surface area contributed by atoms with E-state index in [9.17, 15) is 14.0 Å². The van der Waals surface area contributed by atoms with E-state index in [-0.39, 0.29) is 0 Å². The Morgan fingerprint density at radius 2 is 1.72 bits per heavy atom. The third-order valence-electron chi connectivity index (χ3n) is 4.93. The first-order chi connectivity index (χ1) is 12.2. The molecular weight excluding hydrogens is 322 g/mol. The van der Waals surface area contributed by atoms with Crippen LogP contribution in [0.1, 0.15) is 43.6 Å². The molecule has 0 aliphatic heterocycles. The molecule has 1 aliphatic rings. The zero-order valence-corrected chi connectivity index (χ0v) is 14.0. The van der Waals surface area contributed by atoms with Crippen molar-refractivity contribution in [1.29, 1.82) is 0 Å². The lowest BCUT2D eigenvalue weighted by Crippen LogP contribution is -2.21. The van der Waals surface area contributed by atoms with Crippen molar-refractivity contribution in [3.05, 3.63) is 65.7 Å². The maximum Gasteiger partial charge on any atom is 0.160 e. The summed E-state index contributed by atoms with van der Waals surface area (Å²) in [7, 11) is 0. The molecule has 5 heteroatoms. The summed E-state index contributed by atoms with van der Waals surface area (Å²) in [5.41, 5.74) is 1.77. The molecule has 0 aromatic heterocycles. The topological polar surface area (TPSA) is 44.6 Å². The maximum absolute atomic E-state index is 13.3. The molecular formula is C20H22F2N2O. The highest BCUT2D eigenvalue weighted by Gasteiger charge is 2.23. The summed E-state index contributed by atoms with van der Waals surface area (Å²) in [4.78, 5) is 0. The molecule has 132 valence electrons. The van der Waals surface area contributed by atoms with Gasteiger partial charge < -0.3 is 10.5 Å². The number of nitrogens with one attached hydrogen (secondary N) is 1. The first-order valence-electron chi connectivity index (χ1n) is 8.63. The van der Waals surface area contributed by atoms with Gasteiger partial charge in [-0.2, -0.15) is 0 Å². The second-order valence-electron chi connectivity index (χ2n) is 6.63. The molecule has 2 N–H and O–H groups in total. The van der Waals surface area contributed by atoms with Gasteiger partial charge in [-0.3, -0.25) is 0 Å². The van der Waals surface area contributed by atoms with Gasteiger partial charge in [0.15, 0.2) is 11.6 Å². The van der Waals surface area contributed by atoms with E-state index in [1.54, 1.807) is 0 Å². The van der Waals surface area contributed by atoms with E-state index in [1.807, 2.05) is 6.07 Å². The lowest BCUT2D eigenvalue weighted by atomic mass is 9.77. The van der Waals surface area contributed by atoms with E-state index in [4.69, 9.17) is 0 Å². The van der Waals surface area contributed by atoms with Gasteiger partial charge in [0.25, 0.3) is 0 Å². The van der Waals surface area contributed by atoms with Crippen LogP contribution in [0.4, 0.5) is 14.5 Å². The fourth-order valence-corrected chi connectivity index (χ4v) is 3.56.